The second-order valence-electron chi connectivity index (χ2n) is 35.8. The molecule has 24 nitrogen and oxygen atoms in total. The molecule has 2 unspecified atom stereocenters. The number of carbonyl (C=O) groups is 6. The van der Waals surface area contributed by atoms with E-state index in [2.05, 4.69) is 146 Å². The molecular formula is C110H100Cl2F5N15O9. The van der Waals surface area contributed by atoms with Crippen LogP contribution in [0.5, 0.6) is 5.75 Å². The first-order valence-electron chi connectivity index (χ1n) is 46.1. The van der Waals surface area contributed by atoms with Crippen molar-refractivity contribution in [1.82, 2.24) is 66.6 Å². The van der Waals surface area contributed by atoms with Gasteiger partial charge in [-0.3, -0.25) is 33.4 Å². The number of nitriles is 1. The number of H-pyrrole nitrogens is 5. The van der Waals surface area contributed by atoms with Gasteiger partial charge in [-0.05, 0) is 249 Å². The summed E-state index contributed by atoms with van der Waals surface area (Å²) < 4.78 is 79.4. The van der Waals surface area contributed by atoms with Crippen molar-refractivity contribution in [3.63, 3.8) is 0 Å². The van der Waals surface area contributed by atoms with Gasteiger partial charge in [0.1, 0.15) is 63.0 Å². The second-order valence-corrected chi connectivity index (χ2v) is 36.6. The Morgan fingerprint density at radius 1 is 0.461 bits per heavy atom. The molecule has 3 atom stereocenters. The first-order valence-corrected chi connectivity index (χ1v) is 46.9. The number of amides is 6. The number of aromatic nitrogens is 7. The number of nitrogens with one attached hydrogen (secondary N) is 12. The number of hydrogen-bond acceptors (Lipinski definition) is 12. The van der Waals surface area contributed by atoms with Crippen LogP contribution in [0.1, 0.15) is 174 Å². The topological polar surface area (TPSA) is 335 Å². The van der Waals surface area contributed by atoms with Crippen LogP contribution in [0, 0.1) is 23.0 Å². The highest BCUT2D eigenvalue weighted by Crippen LogP contribution is 2.47. The number of benzene rings is 11. The number of anilines is 1. The molecule has 12 N–H and O–H groups in total. The molecule has 11 aromatic carbocycles. The van der Waals surface area contributed by atoms with E-state index in [1.54, 1.807) is 77.6 Å². The average Bonchev–Trinajstić information content (AvgIpc) is 1.57. The van der Waals surface area contributed by atoms with Gasteiger partial charge in [0.25, 0.3) is 29.5 Å². The van der Waals surface area contributed by atoms with Crippen LogP contribution >= 0.6 is 23.2 Å². The van der Waals surface area contributed by atoms with Crippen LogP contribution in [-0.2, 0) is 62.7 Å². The van der Waals surface area contributed by atoms with Gasteiger partial charge in [-0.1, -0.05) is 164 Å². The van der Waals surface area contributed by atoms with E-state index in [1.165, 1.54) is 70.8 Å². The molecule has 31 heteroatoms. The van der Waals surface area contributed by atoms with E-state index < -0.39 is 17.4 Å². The van der Waals surface area contributed by atoms with Crippen molar-refractivity contribution in [3.05, 3.63) is 397 Å². The van der Waals surface area contributed by atoms with Crippen LogP contribution in [0.25, 0.3) is 54.5 Å². The zero-order chi connectivity index (χ0) is 98.9. The van der Waals surface area contributed by atoms with E-state index >= 15 is 0 Å². The molecule has 4 fully saturated rings. The molecular weight excluding hydrogens is 1840 g/mol. The number of halogens is 7. The molecule has 0 bridgehead atoms. The van der Waals surface area contributed by atoms with Gasteiger partial charge in [0, 0.05) is 95.5 Å². The summed E-state index contributed by atoms with van der Waals surface area (Å²) in [5.41, 5.74) is 16.0. The summed E-state index contributed by atoms with van der Waals surface area (Å²) in [7, 11) is 1.86. The lowest BCUT2D eigenvalue weighted by Gasteiger charge is -2.42. The summed E-state index contributed by atoms with van der Waals surface area (Å²) in [4.78, 5) is 90.8. The Hall–Kier alpha value is -15.6. The molecule has 0 spiro atoms. The third-order valence-corrected chi connectivity index (χ3v) is 26.2. The van der Waals surface area contributed by atoms with E-state index in [0.717, 1.165) is 116 Å². The number of rotatable bonds is 21. The molecule has 2 saturated heterocycles. The van der Waals surface area contributed by atoms with Crippen molar-refractivity contribution >= 4 is 119 Å². The van der Waals surface area contributed by atoms with Crippen molar-refractivity contribution in [2.75, 3.05) is 31.7 Å². The Morgan fingerprint density at radius 3 is 1.28 bits per heavy atom. The van der Waals surface area contributed by atoms with Crippen LogP contribution in [-0.4, -0.2) is 109 Å². The van der Waals surface area contributed by atoms with Crippen LogP contribution < -0.4 is 42.0 Å². The van der Waals surface area contributed by atoms with E-state index in [4.69, 9.17) is 37.9 Å². The molecule has 17 aromatic rings. The van der Waals surface area contributed by atoms with E-state index in [-0.39, 0.29) is 87.7 Å². The standard InChI is InChI=1S/C20H20N2O.C19H14FN3O2.C18H14ClFN2O2.C18H17ClN2O.C18H15F3N2O2.C17H20N4O/c1-2-14-8-9-17-15(12-14)13-18(21-17)19(23)22-20(10-11-20)16-6-4-3-5-7-16;20-15-4-2-14(3-5-15)19(10-25-11-19)23-18(24)17-8-13-7-12(9-21)1-6-16(13)22-17;19-13-3-6-15-11(7-13)8-16(21-15)17(23)22-18(9-24-10-18)12-1-4-14(20)5-2-12;19-14-6-7-15-12(10-14)11-16(20-15)17(22)21-18(8-9-18)13-4-2-1-3-5-13;1-11(12-5-3-2-4-6-12)22-17(24)16-10-13-9-14(25-18(19,20)21)7-8-15(13)23-16;1-4-12-5-6-15-13(7-12)8-16(20-15)17(22)19-11(2)14-9-18-21(3)10-14/h3-9,12-13,21H,2,10-11H2,1H3,(H,22,23);1-8,22H,10-11H2,(H,23,24);1-8,21H,9-10H2,(H,22,23);1-7,10,16,20H,8-9,11H2,(H,21,22);2-11,23H,1H3,(H,22,24);5-11,20H,4H2,1-3H3,(H,19,22)/t;;;;11-;/m....1./s1. The molecule has 5 aliphatic rings. The molecule has 6 aromatic heterocycles. The van der Waals surface area contributed by atoms with Gasteiger partial charge in [-0.15, -0.1) is 13.2 Å². The number of aryl methyl sites for hydroxylation is 3. The highest BCUT2D eigenvalue weighted by atomic mass is 35.5. The summed E-state index contributed by atoms with van der Waals surface area (Å²) >= 11 is 12.0. The Labute approximate surface area is 817 Å². The van der Waals surface area contributed by atoms with Gasteiger partial charge in [-0.25, -0.2) is 8.78 Å². The van der Waals surface area contributed by atoms with Crippen LogP contribution in [0.2, 0.25) is 10.0 Å². The van der Waals surface area contributed by atoms with Gasteiger partial charge in [-0.2, -0.15) is 10.4 Å². The third-order valence-electron chi connectivity index (χ3n) is 25.7. The lowest BCUT2D eigenvalue weighted by atomic mass is 9.87. The Kier molecular flexibility index (Phi) is 28.6. The normalized spacial score (nSPS) is 15.4. The zero-order valence-electron chi connectivity index (χ0n) is 77.4. The molecule has 6 amide bonds. The number of nitrogens with zero attached hydrogens (tertiary/aromatic N) is 3. The second kappa shape index (κ2) is 41.6. The highest BCUT2D eigenvalue weighted by molar-refractivity contribution is 6.31. The maximum atomic E-state index is 13.2. The summed E-state index contributed by atoms with van der Waals surface area (Å²) in [5.74, 6) is -1.89. The van der Waals surface area contributed by atoms with Crippen LogP contribution in [0.4, 0.5) is 27.6 Å². The van der Waals surface area contributed by atoms with Crippen molar-refractivity contribution in [3.8, 4) is 11.8 Å². The molecule has 2 saturated carbocycles. The van der Waals surface area contributed by atoms with Crippen molar-refractivity contribution in [2.24, 2.45) is 7.05 Å². The fraction of sp³-hybridized carbons (Fsp3) is 0.218. The Morgan fingerprint density at radius 2 is 0.851 bits per heavy atom. The largest absolute Gasteiger partial charge is 0.573 e. The number of carbonyl (C=O) groups excluding carboxylic acids is 6. The predicted molar refractivity (Wildman–Crippen MR) is 534 cm³/mol. The quantitative estimate of drug-likeness (QED) is 0.0299. The molecule has 141 heavy (non-hydrogen) atoms. The summed E-state index contributed by atoms with van der Waals surface area (Å²) in [6, 6.07) is 85.1. The van der Waals surface area contributed by atoms with Gasteiger partial charge < -0.3 is 76.3 Å². The van der Waals surface area contributed by atoms with Crippen molar-refractivity contribution in [2.45, 2.75) is 119 Å². The van der Waals surface area contributed by atoms with E-state index in [0.29, 0.717) is 82.1 Å². The van der Waals surface area contributed by atoms with Gasteiger partial charge in [0.15, 0.2) is 0 Å². The van der Waals surface area contributed by atoms with Gasteiger partial charge >= 0.3 is 6.36 Å². The number of alkyl halides is 3. The average molecular weight is 1940 g/mol. The molecule has 0 radical (unpaired) electrons. The van der Waals surface area contributed by atoms with Crippen LogP contribution in [0.15, 0.2) is 291 Å². The molecule has 22 rings (SSSR count). The molecule has 718 valence electrons. The fourth-order valence-electron chi connectivity index (χ4n) is 17.3. The predicted octanol–water partition coefficient (Wildman–Crippen LogP) is 21.6. The number of hydrogen-bond donors (Lipinski definition) is 12. The smallest absolute Gasteiger partial charge is 0.406 e. The molecule has 9 heterocycles. The lowest BCUT2D eigenvalue weighted by molar-refractivity contribution is -0.274. The van der Waals surface area contributed by atoms with Crippen LogP contribution in [0.3, 0.4) is 0 Å². The molecule has 2 aliphatic carbocycles. The highest BCUT2D eigenvalue weighted by Gasteiger charge is 2.49. The Bertz CT molecular complexity index is 7490. The van der Waals surface area contributed by atoms with Gasteiger partial charge in [0.05, 0.1) is 67.4 Å². The van der Waals surface area contributed by atoms with Crippen molar-refractivity contribution < 1.29 is 64.9 Å². The minimum absolute atomic E-state index is 0.0272. The SMILES string of the molecule is CCc1ccc2[nH]c(C(=O)NC(C)c3cnn(C)c3)cc2c1.CCc1ccc2[nH]c(C(=O)NC3(c4ccccc4)CC3)cc2c1.C[C@@H](NC(=O)c1cc2cc(OC(F)(F)F)ccc2[nH]1)c1ccccc1.N#Cc1ccc2[nH]c(C(=O)NC3(c4ccc(F)cc4)COC3)cc2c1.O=C(NC1(c2ccc(F)cc2)COC1)c1cc2cc(Cl)ccc2[nH]1.O=C(NC1(c2ccccc2)CC1)C1Cc2cc(Cl)ccc2N1. The molecule has 3 aliphatic heterocycles. The number of aromatic amines is 5. The minimum Gasteiger partial charge on any atom is -0.406 e. The number of ether oxygens (including phenoxy) is 3. The summed E-state index contributed by atoms with van der Waals surface area (Å²) in [6.07, 6.45) is 5.62. The first kappa shape index (κ1) is 97.1. The third kappa shape index (κ3) is 23.0. The fourth-order valence-corrected chi connectivity index (χ4v) is 17.7. The Balaban J connectivity index is 0.000000117. The van der Waals surface area contributed by atoms with E-state index in [1.807, 2.05) is 136 Å². The van der Waals surface area contributed by atoms with E-state index in [9.17, 15) is 50.7 Å². The zero-order valence-corrected chi connectivity index (χ0v) is 78.9. The maximum absolute atomic E-state index is 13.2. The maximum Gasteiger partial charge on any atom is 0.573 e. The lowest BCUT2D eigenvalue weighted by Crippen LogP contribution is -2.59. The summed E-state index contributed by atoms with van der Waals surface area (Å²) in [6.45, 7) is 9.45. The van der Waals surface area contributed by atoms with Crippen molar-refractivity contribution in [1.29, 1.82) is 5.26 Å². The summed E-state index contributed by atoms with van der Waals surface area (Å²) in [5, 5.41) is 40.3. The number of fused-ring (bicyclic) bond motifs is 6. The minimum atomic E-state index is -4.75. The van der Waals surface area contributed by atoms with Gasteiger partial charge in [0.2, 0.25) is 5.91 Å². The first-order chi connectivity index (χ1) is 67.9. The monoisotopic (exact) mass is 1940 g/mol.